The van der Waals surface area contributed by atoms with E-state index < -0.39 is 5.60 Å². The summed E-state index contributed by atoms with van der Waals surface area (Å²) in [6, 6.07) is 5.29. The van der Waals surface area contributed by atoms with Crippen molar-refractivity contribution in [1.82, 2.24) is 10.1 Å². The Morgan fingerprint density at radius 2 is 2.10 bits per heavy atom. The van der Waals surface area contributed by atoms with Gasteiger partial charge in [-0.1, -0.05) is 12.1 Å². The highest BCUT2D eigenvalue weighted by Gasteiger charge is 2.30. The van der Waals surface area contributed by atoms with Gasteiger partial charge in [0.25, 0.3) is 5.89 Å². The SMILES string of the molecule is CCC(C)(OC)c1noc(-c2cc(OC)ccc2N)n1. The van der Waals surface area contributed by atoms with Gasteiger partial charge in [-0.15, -0.1) is 0 Å². The Labute approximate surface area is 117 Å². The molecule has 1 heterocycles. The Morgan fingerprint density at radius 1 is 1.35 bits per heavy atom. The summed E-state index contributed by atoms with van der Waals surface area (Å²) < 4.78 is 15.9. The van der Waals surface area contributed by atoms with Crippen LogP contribution >= 0.6 is 0 Å². The van der Waals surface area contributed by atoms with Gasteiger partial charge in [-0.25, -0.2) is 0 Å². The molecule has 2 N–H and O–H groups in total. The molecule has 2 rings (SSSR count). The van der Waals surface area contributed by atoms with E-state index in [4.69, 9.17) is 19.7 Å². The van der Waals surface area contributed by atoms with Gasteiger partial charge in [-0.05, 0) is 31.5 Å². The number of hydrogen-bond acceptors (Lipinski definition) is 6. The molecule has 1 aromatic heterocycles. The zero-order valence-electron chi connectivity index (χ0n) is 12.1. The lowest BCUT2D eigenvalue weighted by Crippen LogP contribution is -2.24. The molecule has 1 aromatic carbocycles. The van der Waals surface area contributed by atoms with Crippen molar-refractivity contribution >= 4 is 5.69 Å². The zero-order valence-corrected chi connectivity index (χ0v) is 12.1. The standard InChI is InChI=1S/C14H19N3O3/c1-5-14(2,19-4)13-16-12(20-17-13)10-8-9(18-3)6-7-11(10)15/h6-8H,5,15H2,1-4H3. The molecule has 0 aliphatic rings. The summed E-state index contributed by atoms with van der Waals surface area (Å²) >= 11 is 0. The third-order valence-corrected chi connectivity index (χ3v) is 3.52. The molecule has 0 fully saturated rings. The van der Waals surface area contributed by atoms with E-state index in [0.29, 0.717) is 28.7 Å². The lowest BCUT2D eigenvalue weighted by molar-refractivity contribution is -0.0106. The normalized spacial score (nSPS) is 14.0. The zero-order chi connectivity index (χ0) is 14.8. The van der Waals surface area contributed by atoms with E-state index in [9.17, 15) is 0 Å². The number of hydrogen-bond donors (Lipinski definition) is 1. The summed E-state index contributed by atoms with van der Waals surface area (Å²) in [4.78, 5) is 4.39. The Balaban J connectivity index is 2.43. The minimum Gasteiger partial charge on any atom is -0.497 e. The predicted molar refractivity (Wildman–Crippen MR) is 75.4 cm³/mol. The summed E-state index contributed by atoms with van der Waals surface area (Å²) in [7, 11) is 3.22. The molecule has 0 bridgehead atoms. The van der Waals surface area contributed by atoms with Crippen LogP contribution in [-0.2, 0) is 10.3 Å². The lowest BCUT2D eigenvalue weighted by Gasteiger charge is -2.21. The molecule has 0 aliphatic carbocycles. The fraction of sp³-hybridized carbons (Fsp3) is 0.429. The molecule has 0 spiro atoms. The first-order chi connectivity index (χ1) is 9.54. The van der Waals surface area contributed by atoms with E-state index in [2.05, 4.69) is 10.1 Å². The van der Waals surface area contributed by atoms with Crippen LogP contribution in [0.25, 0.3) is 11.5 Å². The number of anilines is 1. The van der Waals surface area contributed by atoms with Crippen LogP contribution in [0, 0.1) is 0 Å². The number of nitrogen functional groups attached to an aromatic ring is 1. The highest BCUT2D eigenvalue weighted by Crippen LogP contribution is 2.32. The van der Waals surface area contributed by atoms with Gasteiger partial charge in [0.1, 0.15) is 11.4 Å². The minimum atomic E-state index is -0.574. The molecule has 6 heteroatoms. The smallest absolute Gasteiger partial charge is 0.260 e. The second kappa shape index (κ2) is 5.50. The number of benzene rings is 1. The highest BCUT2D eigenvalue weighted by molar-refractivity contribution is 5.72. The van der Waals surface area contributed by atoms with Gasteiger partial charge in [0.05, 0.1) is 12.7 Å². The van der Waals surface area contributed by atoms with Crippen molar-refractivity contribution < 1.29 is 14.0 Å². The molecule has 0 aliphatic heterocycles. The maximum atomic E-state index is 5.94. The van der Waals surface area contributed by atoms with Crippen LogP contribution in [0.5, 0.6) is 5.75 Å². The molecule has 108 valence electrons. The van der Waals surface area contributed by atoms with Crippen molar-refractivity contribution in [3.63, 3.8) is 0 Å². The van der Waals surface area contributed by atoms with Gasteiger partial charge in [0.2, 0.25) is 5.82 Å². The van der Waals surface area contributed by atoms with Gasteiger partial charge in [-0.2, -0.15) is 4.98 Å². The van der Waals surface area contributed by atoms with E-state index in [-0.39, 0.29) is 0 Å². The Bertz CT molecular complexity index is 591. The van der Waals surface area contributed by atoms with Crippen molar-refractivity contribution in [1.29, 1.82) is 0 Å². The molecule has 1 unspecified atom stereocenters. The highest BCUT2D eigenvalue weighted by atomic mass is 16.5. The van der Waals surface area contributed by atoms with Crippen LogP contribution in [0.15, 0.2) is 22.7 Å². The largest absolute Gasteiger partial charge is 0.497 e. The Hall–Kier alpha value is -2.08. The first kappa shape index (κ1) is 14.3. The minimum absolute atomic E-state index is 0.355. The first-order valence-corrected chi connectivity index (χ1v) is 6.37. The summed E-state index contributed by atoms with van der Waals surface area (Å²) in [6.45, 7) is 3.91. The molecule has 2 aromatic rings. The van der Waals surface area contributed by atoms with Gasteiger partial charge in [-0.3, -0.25) is 0 Å². The van der Waals surface area contributed by atoms with Gasteiger partial charge < -0.3 is 19.7 Å². The third kappa shape index (κ3) is 2.46. The van der Waals surface area contributed by atoms with Crippen LogP contribution < -0.4 is 10.5 Å². The van der Waals surface area contributed by atoms with Gasteiger partial charge in [0, 0.05) is 12.8 Å². The van der Waals surface area contributed by atoms with E-state index in [1.165, 1.54) is 0 Å². The number of rotatable bonds is 5. The lowest BCUT2D eigenvalue weighted by atomic mass is 10.0. The number of nitrogens with zero attached hydrogens (tertiary/aromatic N) is 2. The molecule has 1 atom stereocenters. The van der Waals surface area contributed by atoms with Crippen molar-refractivity contribution in [2.45, 2.75) is 25.9 Å². The van der Waals surface area contributed by atoms with E-state index in [1.54, 1.807) is 32.4 Å². The maximum absolute atomic E-state index is 5.94. The van der Waals surface area contributed by atoms with E-state index in [0.717, 1.165) is 6.42 Å². The van der Waals surface area contributed by atoms with Crippen LogP contribution in [0.1, 0.15) is 26.1 Å². The molecule has 6 nitrogen and oxygen atoms in total. The molecule has 0 amide bonds. The average molecular weight is 277 g/mol. The van der Waals surface area contributed by atoms with Gasteiger partial charge >= 0.3 is 0 Å². The average Bonchev–Trinajstić information content (AvgIpc) is 2.97. The number of ether oxygens (including phenoxy) is 2. The van der Waals surface area contributed by atoms with Crippen LogP contribution in [-0.4, -0.2) is 24.4 Å². The van der Waals surface area contributed by atoms with Crippen LogP contribution in [0.2, 0.25) is 0 Å². The Kier molecular flexibility index (Phi) is 3.94. The van der Waals surface area contributed by atoms with Crippen LogP contribution in [0.3, 0.4) is 0 Å². The fourth-order valence-electron chi connectivity index (χ4n) is 1.79. The molecule has 0 saturated heterocycles. The molecular formula is C14H19N3O3. The Morgan fingerprint density at radius 3 is 2.70 bits per heavy atom. The third-order valence-electron chi connectivity index (χ3n) is 3.52. The number of nitrogens with two attached hydrogens (primary N) is 1. The number of methoxy groups -OCH3 is 2. The van der Waals surface area contributed by atoms with E-state index >= 15 is 0 Å². The van der Waals surface area contributed by atoms with Crippen molar-refractivity contribution in [3.8, 4) is 17.2 Å². The molecule has 0 radical (unpaired) electrons. The number of aromatic nitrogens is 2. The van der Waals surface area contributed by atoms with E-state index in [1.807, 2.05) is 13.8 Å². The van der Waals surface area contributed by atoms with Crippen LogP contribution in [0.4, 0.5) is 5.69 Å². The summed E-state index contributed by atoms with van der Waals surface area (Å²) in [5, 5.41) is 4.00. The molecule has 20 heavy (non-hydrogen) atoms. The molecule has 0 saturated carbocycles. The first-order valence-electron chi connectivity index (χ1n) is 6.37. The van der Waals surface area contributed by atoms with Gasteiger partial charge in [0.15, 0.2) is 0 Å². The summed E-state index contributed by atoms with van der Waals surface area (Å²) in [5.74, 6) is 1.53. The predicted octanol–water partition coefficient (Wildman–Crippen LogP) is 2.60. The summed E-state index contributed by atoms with van der Waals surface area (Å²) in [5.41, 5.74) is 6.57. The van der Waals surface area contributed by atoms with Crippen molar-refractivity contribution in [2.75, 3.05) is 20.0 Å². The van der Waals surface area contributed by atoms with Crippen molar-refractivity contribution in [3.05, 3.63) is 24.0 Å². The summed E-state index contributed by atoms with van der Waals surface area (Å²) in [6.07, 6.45) is 0.732. The topological polar surface area (TPSA) is 83.4 Å². The molecular weight excluding hydrogens is 258 g/mol. The monoisotopic (exact) mass is 277 g/mol. The maximum Gasteiger partial charge on any atom is 0.260 e. The fourth-order valence-corrected chi connectivity index (χ4v) is 1.79. The quantitative estimate of drug-likeness (QED) is 0.846. The van der Waals surface area contributed by atoms with Crippen molar-refractivity contribution in [2.24, 2.45) is 0 Å². The second-order valence-corrected chi connectivity index (χ2v) is 4.66. The second-order valence-electron chi connectivity index (χ2n) is 4.66.